The first-order valence-electron chi connectivity index (χ1n) is 8.91. The van der Waals surface area contributed by atoms with E-state index in [0.717, 1.165) is 52.8 Å². The van der Waals surface area contributed by atoms with Crippen LogP contribution in [0.15, 0.2) is 46.9 Å². The number of nitrogens with zero attached hydrogens (tertiary/aromatic N) is 5. The molecule has 0 bridgehead atoms. The Morgan fingerprint density at radius 2 is 2.11 bits per heavy atom. The molecule has 1 N–H and O–H groups in total. The lowest BCUT2D eigenvalue weighted by Crippen LogP contribution is -2.35. The number of hydrogen-bond acceptors (Lipinski definition) is 7. The quantitative estimate of drug-likeness (QED) is 0.537. The van der Waals surface area contributed by atoms with E-state index in [-0.39, 0.29) is 5.56 Å². The molecule has 0 radical (unpaired) electrons. The number of hydrogen-bond donors (Lipinski definition) is 1. The fourth-order valence-electron chi connectivity index (χ4n) is 3.14. The molecule has 4 rings (SSSR count). The minimum absolute atomic E-state index is 0.0745. The van der Waals surface area contributed by atoms with E-state index in [1.807, 2.05) is 24.5 Å². The standard InChI is InChI=1S/C19H20N6OS/c1-2-27-19-21-8-13(9-22-19)11-25-7-5-16-15(12-25)18(26)24-17(23-16)14-4-3-6-20-10-14/h3-4,6,8-10H,2,5,7,11-12H2,1H3,(H,23,24,26). The zero-order chi connectivity index (χ0) is 18.6. The molecule has 1 aliphatic heterocycles. The Labute approximate surface area is 161 Å². The Bertz CT molecular complexity index is 974. The highest BCUT2D eigenvalue weighted by molar-refractivity contribution is 7.99. The molecule has 7 nitrogen and oxygen atoms in total. The van der Waals surface area contributed by atoms with Crippen LogP contribution < -0.4 is 5.56 Å². The molecule has 0 aliphatic carbocycles. The van der Waals surface area contributed by atoms with Crippen molar-refractivity contribution in [3.05, 3.63) is 64.1 Å². The summed E-state index contributed by atoms with van der Waals surface area (Å²) in [5, 5.41) is 0.800. The fraction of sp³-hybridized carbons (Fsp3) is 0.316. The van der Waals surface area contributed by atoms with Crippen molar-refractivity contribution in [2.75, 3.05) is 12.3 Å². The van der Waals surface area contributed by atoms with E-state index in [1.165, 1.54) is 0 Å². The molecular weight excluding hydrogens is 360 g/mol. The molecule has 0 saturated heterocycles. The summed E-state index contributed by atoms with van der Waals surface area (Å²) in [6.07, 6.45) is 7.90. The van der Waals surface area contributed by atoms with Gasteiger partial charge in [0.25, 0.3) is 5.56 Å². The van der Waals surface area contributed by atoms with E-state index in [0.29, 0.717) is 12.4 Å². The van der Waals surface area contributed by atoms with Crippen molar-refractivity contribution in [2.45, 2.75) is 31.6 Å². The Hall–Kier alpha value is -2.58. The van der Waals surface area contributed by atoms with Crippen LogP contribution in [0.1, 0.15) is 23.7 Å². The second-order valence-electron chi connectivity index (χ2n) is 6.35. The number of fused-ring (bicyclic) bond motifs is 1. The number of aromatic amines is 1. The minimum Gasteiger partial charge on any atom is -0.306 e. The van der Waals surface area contributed by atoms with E-state index < -0.39 is 0 Å². The third-order valence-electron chi connectivity index (χ3n) is 4.44. The molecule has 138 valence electrons. The van der Waals surface area contributed by atoms with Crippen molar-refractivity contribution in [3.63, 3.8) is 0 Å². The van der Waals surface area contributed by atoms with Crippen LogP contribution in [0.2, 0.25) is 0 Å². The van der Waals surface area contributed by atoms with Gasteiger partial charge in [-0.15, -0.1) is 0 Å². The van der Waals surface area contributed by atoms with E-state index in [1.54, 1.807) is 24.2 Å². The highest BCUT2D eigenvalue weighted by Gasteiger charge is 2.21. The van der Waals surface area contributed by atoms with Crippen LogP contribution in [-0.4, -0.2) is 42.1 Å². The topological polar surface area (TPSA) is 87.7 Å². The van der Waals surface area contributed by atoms with Gasteiger partial charge in [0, 0.05) is 62.0 Å². The number of rotatable bonds is 5. The molecule has 0 spiro atoms. The van der Waals surface area contributed by atoms with Gasteiger partial charge in [-0.25, -0.2) is 15.0 Å². The minimum atomic E-state index is -0.0745. The number of aromatic nitrogens is 5. The van der Waals surface area contributed by atoms with Crippen LogP contribution in [0.4, 0.5) is 0 Å². The SMILES string of the molecule is CCSc1ncc(CN2CCc3nc(-c4cccnc4)[nH]c(=O)c3C2)cn1. The average Bonchev–Trinajstić information content (AvgIpc) is 2.71. The van der Waals surface area contributed by atoms with Gasteiger partial charge in [-0.3, -0.25) is 14.7 Å². The Balaban J connectivity index is 1.51. The van der Waals surface area contributed by atoms with Crippen LogP contribution >= 0.6 is 11.8 Å². The molecule has 0 unspecified atom stereocenters. The first-order chi connectivity index (χ1) is 13.2. The lowest BCUT2D eigenvalue weighted by molar-refractivity contribution is 0.241. The molecule has 1 aliphatic rings. The Morgan fingerprint density at radius 3 is 2.85 bits per heavy atom. The second-order valence-corrected chi connectivity index (χ2v) is 7.58. The molecule has 0 saturated carbocycles. The van der Waals surface area contributed by atoms with Gasteiger partial charge in [0.1, 0.15) is 5.82 Å². The van der Waals surface area contributed by atoms with Gasteiger partial charge in [0.05, 0.1) is 11.3 Å². The van der Waals surface area contributed by atoms with Gasteiger partial charge >= 0.3 is 0 Å². The van der Waals surface area contributed by atoms with Gasteiger partial charge in [-0.05, 0) is 17.9 Å². The fourth-order valence-corrected chi connectivity index (χ4v) is 3.65. The summed E-state index contributed by atoms with van der Waals surface area (Å²) in [5.74, 6) is 1.54. The second kappa shape index (κ2) is 7.98. The number of nitrogens with one attached hydrogen (secondary N) is 1. The van der Waals surface area contributed by atoms with Gasteiger partial charge in [0.15, 0.2) is 5.16 Å². The number of pyridine rings is 1. The monoisotopic (exact) mass is 380 g/mol. The van der Waals surface area contributed by atoms with Gasteiger partial charge in [-0.1, -0.05) is 18.7 Å². The lowest BCUT2D eigenvalue weighted by atomic mass is 10.1. The predicted molar refractivity (Wildman–Crippen MR) is 104 cm³/mol. The van der Waals surface area contributed by atoms with E-state index in [4.69, 9.17) is 0 Å². The van der Waals surface area contributed by atoms with Crippen LogP contribution in [0.25, 0.3) is 11.4 Å². The molecule has 4 heterocycles. The average molecular weight is 380 g/mol. The predicted octanol–water partition coefficient (Wildman–Crippen LogP) is 2.29. The van der Waals surface area contributed by atoms with Crippen LogP contribution in [-0.2, 0) is 19.5 Å². The van der Waals surface area contributed by atoms with Crippen molar-refractivity contribution in [2.24, 2.45) is 0 Å². The van der Waals surface area contributed by atoms with Crippen molar-refractivity contribution >= 4 is 11.8 Å². The molecule has 0 aromatic carbocycles. The van der Waals surface area contributed by atoms with Crippen LogP contribution in [0.3, 0.4) is 0 Å². The van der Waals surface area contributed by atoms with E-state index >= 15 is 0 Å². The third kappa shape index (κ3) is 4.06. The van der Waals surface area contributed by atoms with Crippen molar-refractivity contribution in [3.8, 4) is 11.4 Å². The smallest absolute Gasteiger partial charge is 0.255 e. The van der Waals surface area contributed by atoms with Crippen LogP contribution in [0.5, 0.6) is 0 Å². The summed E-state index contributed by atoms with van der Waals surface area (Å²) < 4.78 is 0. The molecule has 3 aromatic heterocycles. The Morgan fingerprint density at radius 1 is 1.26 bits per heavy atom. The summed E-state index contributed by atoms with van der Waals surface area (Å²) in [4.78, 5) is 35.3. The van der Waals surface area contributed by atoms with Gasteiger partial charge in [0.2, 0.25) is 0 Å². The highest BCUT2D eigenvalue weighted by Crippen LogP contribution is 2.19. The highest BCUT2D eigenvalue weighted by atomic mass is 32.2. The van der Waals surface area contributed by atoms with Gasteiger partial charge < -0.3 is 4.98 Å². The molecule has 8 heteroatoms. The van der Waals surface area contributed by atoms with E-state index in [2.05, 4.69) is 36.7 Å². The molecule has 3 aromatic rings. The van der Waals surface area contributed by atoms with Crippen molar-refractivity contribution in [1.82, 2.24) is 29.8 Å². The maximum absolute atomic E-state index is 12.6. The molecule has 0 fully saturated rings. The summed E-state index contributed by atoms with van der Waals surface area (Å²) in [6.45, 7) is 4.23. The number of H-pyrrole nitrogens is 1. The lowest BCUT2D eigenvalue weighted by Gasteiger charge is -2.27. The molecule has 0 amide bonds. The molecule has 0 atom stereocenters. The maximum atomic E-state index is 12.6. The third-order valence-corrected chi connectivity index (χ3v) is 5.20. The summed E-state index contributed by atoms with van der Waals surface area (Å²) in [7, 11) is 0. The first-order valence-corrected chi connectivity index (χ1v) is 9.90. The largest absolute Gasteiger partial charge is 0.306 e. The zero-order valence-corrected chi connectivity index (χ0v) is 15.9. The van der Waals surface area contributed by atoms with Crippen LogP contribution in [0, 0.1) is 0 Å². The normalized spacial score (nSPS) is 14.1. The van der Waals surface area contributed by atoms with E-state index in [9.17, 15) is 4.79 Å². The van der Waals surface area contributed by atoms with Crippen molar-refractivity contribution in [1.29, 1.82) is 0 Å². The molecule has 27 heavy (non-hydrogen) atoms. The van der Waals surface area contributed by atoms with Gasteiger partial charge in [-0.2, -0.15) is 0 Å². The Kier molecular flexibility index (Phi) is 5.26. The zero-order valence-electron chi connectivity index (χ0n) is 15.1. The maximum Gasteiger partial charge on any atom is 0.255 e. The first kappa shape index (κ1) is 17.8. The number of thioether (sulfide) groups is 1. The molecular formula is C19H20N6OS. The summed E-state index contributed by atoms with van der Waals surface area (Å²) in [6, 6.07) is 3.73. The van der Waals surface area contributed by atoms with Crippen molar-refractivity contribution < 1.29 is 0 Å². The summed E-state index contributed by atoms with van der Waals surface area (Å²) >= 11 is 1.63. The summed E-state index contributed by atoms with van der Waals surface area (Å²) in [5.41, 5.74) is 3.42.